The summed E-state index contributed by atoms with van der Waals surface area (Å²) in [6, 6.07) is 7.73. The summed E-state index contributed by atoms with van der Waals surface area (Å²) in [5, 5.41) is 2.88. The molecule has 1 aliphatic carbocycles. The fourth-order valence-corrected chi connectivity index (χ4v) is 1.84. The number of rotatable bonds is 7. The molecule has 4 nitrogen and oxygen atoms in total. The highest BCUT2D eigenvalue weighted by molar-refractivity contribution is 5.76. The summed E-state index contributed by atoms with van der Waals surface area (Å²) < 4.78 is 5.80. The molecule has 1 unspecified atom stereocenters. The zero-order valence-electron chi connectivity index (χ0n) is 11.4. The van der Waals surface area contributed by atoms with Crippen molar-refractivity contribution in [1.29, 1.82) is 0 Å². The molecular weight excluding hydrogens is 240 g/mol. The van der Waals surface area contributed by atoms with Gasteiger partial charge in [-0.15, -0.1) is 0 Å². The highest BCUT2D eigenvalue weighted by Gasteiger charge is 2.22. The lowest BCUT2D eigenvalue weighted by Gasteiger charge is -2.12. The van der Waals surface area contributed by atoms with Gasteiger partial charge in [0.2, 0.25) is 5.91 Å². The summed E-state index contributed by atoms with van der Waals surface area (Å²) in [6.45, 7) is 3.10. The van der Waals surface area contributed by atoms with E-state index in [2.05, 4.69) is 5.32 Å². The summed E-state index contributed by atoms with van der Waals surface area (Å²) in [6.07, 6.45) is 2.89. The van der Waals surface area contributed by atoms with E-state index in [1.54, 1.807) is 0 Å². The van der Waals surface area contributed by atoms with Gasteiger partial charge in [-0.05, 0) is 31.7 Å². The first-order chi connectivity index (χ1) is 9.15. The summed E-state index contributed by atoms with van der Waals surface area (Å²) in [4.78, 5) is 11.6. The molecule has 0 aliphatic heterocycles. The van der Waals surface area contributed by atoms with Crippen LogP contribution < -0.4 is 15.8 Å². The van der Waals surface area contributed by atoms with Crippen molar-refractivity contribution in [2.24, 2.45) is 11.7 Å². The van der Waals surface area contributed by atoms with Crippen LogP contribution in [0.2, 0.25) is 0 Å². The molecule has 1 saturated carbocycles. The topological polar surface area (TPSA) is 64.4 Å². The second-order valence-corrected chi connectivity index (χ2v) is 5.32. The summed E-state index contributed by atoms with van der Waals surface area (Å²) >= 11 is 0. The van der Waals surface area contributed by atoms with E-state index < -0.39 is 0 Å². The van der Waals surface area contributed by atoms with Crippen LogP contribution >= 0.6 is 0 Å². The molecule has 1 aromatic carbocycles. The number of ether oxygens (including phenoxy) is 1. The Bertz CT molecular complexity index is 428. The lowest BCUT2D eigenvalue weighted by atomic mass is 10.2. The molecule has 0 radical (unpaired) electrons. The third-order valence-electron chi connectivity index (χ3n) is 3.13. The number of hydrogen-bond donors (Lipinski definition) is 2. The van der Waals surface area contributed by atoms with Crippen LogP contribution in [-0.2, 0) is 11.3 Å². The van der Waals surface area contributed by atoms with Gasteiger partial charge < -0.3 is 15.8 Å². The average Bonchev–Trinajstić information content (AvgIpc) is 3.18. The number of amides is 1. The Morgan fingerprint density at radius 3 is 2.89 bits per heavy atom. The molecule has 1 amide bonds. The van der Waals surface area contributed by atoms with Gasteiger partial charge in [-0.2, -0.15) is 0 Å². The van der Waals surface area contributed by atoms with Crippen LogP contribution in [0.1, 0.15) is 31.7 Å². The van der Waals surface area contributed by atoms with Crippen LogP contribution in [0.4, 0.5) is 0 Å². The van der Waals surface area contributed by atoms with Crippen molar-refractivity contribution >= 4 is 5.91 Å². The number of nitrogens with one attached hydrogen (secondary N) is 1. The zero-order valence-corrected chi connectivity index (χ0v) is 11.4. The molecular formula is C15H22N2O2. The Kier molecular flexibility index (Phi) is 4.80. The van der Waals surface area contributed by atoms with Gasteiger partial charge >= 0.3 is 0 Å². The van der Waals surface area contributed by atoms with Crippen LogP contribution in [0, 0.1) is 5.92 Å². The second-order valence-electron chi connectivity index (χ2n) is 5.32. The smallest absolute Gasteiger partial charge is 0.221 e. The molecule has 104 valence electrons. The van der Waals surface area contributed by atoms with Gasteiger partial charge in [-0.3, -0.25) is 4.79 Å². The largest absolute Gasteiger partial charge is 0.493 e. The summed E-state index contributed by atoms with van der Waals surface area (Å²) in [5.41, 5.74) is 6.61. The number of carbonyl (C=O) groups excluding carboxylic acids is 1. The van der Waals surface area contributed by atoms with Crippen molar-refractivity contribution < 1.29 is 9.53 Å². The molecule has 2 rings (SSSR count). The van der Waals surface area contributed by atoms with Gasteiger partial charge in [0.1, 0.15) is 5.75 Å². The van der Waals surface area contributed by atoms with E-state index in [-0.39, 0.29) is 11.9 Å². The molecule has 19 heavy (non-hydrogen) atoms. The van der Waals surface area contributed by atoms with Gasteiger partial charge in [0, 0.05) is 24.6 Å². The molecule has 3 N–H and O–H groups in total. The van der Waals surface area contributed by atoms with Crippen LogP contribution in [0.5, 0.6) is 5.75 Å². The Morgan fingerprint density at radius 1 is 1.47 bits per heavy atom. The van der Waals surface area contributed by atoms with Crippen LogP contribution in [0.15, 0.2) is 24.3 Å². The average molecular weight is 262 g/mol. The molecule has 0 heterocycles. The third-order valence-corrected chi connectivity index (χ3v) is 3.13. The molecule has 1 fully saturated rings. The molecule has 0 spiro atoms. The fourth-order valence-electron chi connectivity index (χ4n) is 1.84. The minimum Gasteiger partial charge on any atom is -0.493 e. The Labute approximate surface area is 114 Å². The maximum absolute atomic E-state index is 11.6. The first kappa shape index (κ1) is 13.9. The van der Waals surface area contributed by atoms with Gasteiger partial charge in [-0.25, -0.2) is 0 Å². The predicted octanol–water partition coefficient (Wildman–Crippen LogP) is 1.83. The summed E-state index contributed by atoms with van der Waals surface area (Å²) in [7, 11) is 0. The van der Waals surface area contributed by atoms with Crippen molar-refractivity contribution in [3.8, 4) is 5.75 Å². The first-order valence-electron chi connectivity index (χ1n) is 6.88. The van der Waals surface area contributed by atoms with Crippen molar-refractivity contribution in [3.63, 3.8) is 0 Å². The number of nitrogens with two attached hydrogens (primary N) is 1. The molecule has 1 aromatic rings. The minimum atomic E-state index is -0.110. The quantitative estimate of drug-likeness (QED) is 0.788. The Morgan fingerprint density at radius 2 is 2.21 bits per heavy atom. The molecule has 1 atom stereocenters. The Balaban J connectivity index is 1.85. The van der Waals surface area contributed by atoms with Gasteiger partial charge in [0.05, 0.1) is 6.61 Å². The molecule has 0 bridgehead atoms. The van der Waals surface area contributed by atoms with E-state index in [1.165, 1.54) is 12.8 Å². The minimum absolute atomic E-state index is 0.0213. The highest BCUT2D eigenvalue weighted by atomic mass is 16.5. The highest BCUT2D eigenvalue weighted by Crippen LogP contribution is 2.30. The van der Waals surface area contributed by atoms with Gasteiger partial charge in [0.15, 0.2) is 0 Å². The van der Waals surface area contributed by atoms with E-state index in [0.717, 1.165) is 23.8 Å². The van der Waals surface area contributed by atoms with Gasteiger partial charge in [-0.1, -0.05) is 18.2 Å². The maximum atomic E-state index is 11.6. The van der Waals surface area contributed by atoms with Crippen LogP contribution in [0.25, 0.3) is 0 Å². The van der Waals surface area contributed by atoms with Crippen LogP contribution in [-0.4, -0.2) is 18.6 Å². The number of benzene rings is 1. The van der Waals surface area contributed by atoms with Crippen molar-refractivity contribution in [2.75, 3.05) is 6.61 Å². The van der Waals surface area contributed by atoms with E-state index in [0.29, 0.717) is 13.0 Å². The third kappa shape index (κ3) is 4.91. The normalized spacial score (nSPS) is 15.9. The zero-order chi connectivity index (χ0) is 13.7. The summed E-state index contributed by atoms with van der Waals surface area (Å²) in [5.74, 6) is 1.57. The molecule has 4 heteroatoms. The SMILES string of the molecule is CC(N)CC(=O)NCc1ccccc1OCC1CC1. The van der Waals surface area contributed by atoms with Gasteiger partial charge in [0.25, 0.3) is 0 Å². The van der Waals surface area contributed by atoms with E-state index in [9.17, 15) is 4.79 Å². The lowest BCUT2D eigenvalue weighted by Crippen LogP contribution is -2.29. The fraction of sp³-hybridized carbons (Fsp3) is 0.533. The van der Waals surface area contributed by atoms with E-state index >= 15 is 0 Å². The number of carbonyl (C=O) groups is 1. The lowest BCUT2D eigenvalue weighted by molar-refractivity contribution is -0.121. The Hall–Kier alpha value is -1.55. The van der Waals surface area contributed by atoms with E-state index in [4.69, 9.17) is 10.5 Å². The second kappa shape index (κ2) is 6.57. The standard InChI is InChI=1S/C15H22N2O2/c1-11(16)8-15(18)17-9-13-4-2-3-5-14(13)19-10-12-6-7-12/h2-5,11-12H,6-10,16H2,1H3,(H,17,18). The molecule has 0 saturated heterocycles. The number of para-hydroxylation sites is 1. The van der Waals surface area contributed by atoms with E-state index in [1.807, 2.05) is 31.2 Å². The predicted molar refractivity (Wildman–Crippen MR) is 74.8 cm³/mol. The maximum Gasteiger partial charge on any atom is 0.221 e. The van der Waals surface area contributed by atoms with Crippen LogP contribution in [0.3, 0.4) is 0 Å². The molecule has 0 aromatic heterocycles. The van der Waals surface area contributed by atoms with Crippen molar-refractivity contribution in [1.82, 2.24) is 5.32 Å². The molecule has 1 aliphatic rings. The van der Waals surface area contributed by atoms with Crippen molar-refractivity contribution in [3.05, 3.63) is 29.8 Å². The van der Waals surface area contributed by atoms with Crippen molar-refractivity contribution in [2.45, 2.75) is 38.8 Å². The first-order valence-corrected chi connectivity index (χ1v) is 6.88. The monoisotopic (exact) mass is 262 g/mol. The number of hydrogen-bond acceptors (Lipinski definition) is 3.